The molecule has 0 amide bonds. The zero-order chi connectivity index (χ0) is 13.9. The Bertz CT molecular complexity index is 258. The average molecular weight is 301 g/mol. The molecule has 112 valence electrons. The number of thioether (sulfide) groups is 2. The van der Waals surface area contributed by atoms with Crippen LogP contribution in [0, 0.1) is 0 Å². The third-order valence-electron chi connectivity index (χ3n) is 3.66. The van der Waals surface area contributed by atoms with Crippen LogP contribution in [0.2, 0.25) is 0 Å². The largest absolute Gasteiger partial charge is 0.129 e. The van der Waals surface area contributed by atoms with E-state index in [1.54, 1.807) is 9.81 Å². The third-order valence-corrected chi connectivity index (χ3v) is 6.77. The third kappa shape index (κ3) is 7.70. The van der Waals surface area contributed by atoms with Crippen molar-refractivity contribution in [3.8, 4) is 0 Å². The highest BCUT2D eigenvalue weighted by atomic mass is 32.2. The Morgan fingerprint density at radius 2 is 1.42 bits per heavy atom. The molecule has 0 saturated heterocycles. The molecule has 19 heavy (non-hydrogen) atoms. The fourth-order valence-electron chi connectivity index (χ4n) is 2.48. The Morgan fingerprint density at radius 3 is 2.00 bits per heavy atom. The van der Waals surface area contributed by atoms with Crippen molar-refractivity contribution in [3.63, 3.8) is 0 Å². The molecule has 0 aromatic carbocycles. The van der Waals surface area contributed by atoms with Crippen LogP contribution in [-0.2, 0) is 0 Å². The minimum Gasteiger partial charge on any atom is -0.129 e. The molecule has 0 N–H and O–H groups in total. The lowest BCUT2D eigenvalue weighted by molar-refractivity contribution is 0.660. The van der Waals surface area contributed by atoms with E-state index in [4.69, 9.17) is 0 Å². The van der Waals surface area contributed by atoms with Gasteiger partial charge in [0.15, 0.2) is 0 Å². The Kier molecular flexibility index (Phi) is 10.3. The zero-order valence-corrected chi connectivity index (χ0v) is 14.8. The molecule has 1 unspecified atom stereocenters. The first-order valence-corrected chi connectivity index (χ1v) is 10.2. The SMILES string of the molecule is CCCCCCC1=C(CCCCCC)SC(C)CS1. The molecule has 1 aliphatic heterocycles. The van der Waals surface area contributed by atoms with E-state index in [2.05, 4.69) is 44.3 Å². The number of hydrogen-bond acceptors (Lipinski definition) is 2. The number of rotatable bonds is 10. The van der Waals surface area contributed by atoms with Crippen LogP contribution >= 0.6 is 23.5 Å². The monoisotopic (exact) mass is 300 g/mol. The number of hydrogen-bond donors (Lipinski definition) is 0. The summed E-state index contributed by atoms with van der Waals surface area (Å²) in [5, 5.41) is 0.825. The van der Waals surface area contributed by atoms with E-state index in [-0.39, 0.29) is 0 Å². The lowest BCUT2D eigenvalue weighted by Crippen LogP contribution is -2.07. The number of unbranched alkanes of at least 4 members (excludes halogenated alkanes) is 6. The highest BCUT2D eigenvalue weighted by molar-refractivity contribution is 8.10. The van der Waals surface area contributed by atoms with Crippen LogP contribution in [0.1, 0.15) is 85.0 Å². The average Bonchev–Trinajstić information content (AvgIpc) is 2.41. The molecule has 0 nitrogen and oxygen atoms in total. The van der Waals surface area contributed by atoms with Gasteiger partial charge in [0.25, 0.3) is 0 Å². The van der Waals surface area contributed by atoms with E-state index in [9.17, 15) is 0 Å². The predicted octanol–water partition coefficient (Wildman–Crippen LogP) is 7.01. The quantitative estimate of drug-likeness (QED) is 0.398. The first-order chi connectivity index (χ1) is 9.27. The van der Waals surface area contributed by atoms with Gasteiger partial charge in [0.2, 0.25) is 0 Å². The second-order valence-corrected chi connectivity index (χ2v) is 8.36. The van der Waals surface area contributed by atoms with E-state index in [0.717, 1.165) is 5.25 Å². The Hall–Kier alpha value is 0.440. The minimum atomic E-state index is 0.825. The predicted molar refractivity (Wildman–Crippen MR) is 94.1 cm³/mol. The second kappa shape index (κ2) is 11.1. The molecule has 1 heterocycles. The van der Waals surface area contributed by atoms with Crippen molar-refractivity contribution in [1.82, 2.24) is 0 Å². The van der Waals surface area contributed by atoms with Gasteiger partial charge in [0, 0.05) is 11.0 Å². The summed E-state index contributed by atoms with van der Waals surface area (Å²) in [5.41, 5.74) is 0. The van der Waals surface area contributed by atoms with Gasteiger partial charge < -0.3 is 0 Å². The molecule has 0 spiro atoms. The molecule has 0 aliphatic carbocycles. The molecular weight excluding hydrogens is 268 g/mol. The zero-order valence-electron chi connectivity index (χ0n) is 13.2. The standard InChI is InChI=1S/C17H32S2/c1-4-6-8-10-12-16-17(13-11-9-7-5-2)19-15(3)14-18-16/h15H,4-14H2,1-3H3. The first-order valence-electron chi connectivity index (χ1n) is 8.29. The van der Waals surface area contributed by atoms with Crippen LogP contribution in [0.4, 0.5) is 0 Å². The molecule has 0 radical (unpaired) electrons. The Balaban J connectivity index is 2.38. The fourth-order valence-corrected chi connectivity index (χ4v) is 5.24. The topological polar surface area (TPSA) is 0 Å². The summed E-state index contributed by atoms with van der Waals surface area (Å²) in [5.74, 6) is 1.33. The summed E-state index contributed by atoms with van der Waals surface area (Å²) in [6.07, 6.45) is 13.9. The molecule has 1 aliphatic rings. The molecule has 1 atom stereocenters. The molecule has 0 aromatic heterocycles. The molecule has 0 bridgehead atoms. The lowest BCUT2D eigenvalue weighted by Gasteiger charge is -2.24. The summed E-state index contributed by atoms with van der Waals surface area (Å²) in [6.45, 7) is 6.98. The first kappa shape index (κ1) is 17.5. The maximum atomic E-state index is 2.39. The molecule has 0 aromatic rings. The van der Waals surface area contributed by atoms with Crippen LogP contribution in [-0.4, -0.2) is 11.0 Å². The van der Waals surface area contributed by atoms with Crippen molar-refractivity contribution in [1.29, 1.82) is 0 Å². The van der Waals surface area contributed by atoms with Gasteiger partial charge in [-0.3, -0.25) is 0 Å². The van der Waals surface area contributed by atoms with Crippen molar-refractivity contribution in [3.05, 3.63) is 9.81 Å². The van der Waals surface area contributed by atoms with Crippen LogP contribution in [0.3, 0.4) is 0 Å². The van der Waals surface area contributed by atoms with E-state index in [1.807, 2.05) is 0 Å². The Morgan fingerprint density at radius 1 is 0.842 bits per heavy atom. The van der Waals surface area contributed by atoms with Gasteiger partial charge in [-0.2, -0.15) is 0 Å². The summed E-state index contributed by atoms with van der Waals surface area (Å²) >= 11 is 4.34. The van der Waals surface area contributed by atoms with Crippen molar-refractivity contribution in [2.45, 2.75) is 90.2 Å². The van der Waals surface area contributed by atoms with Gasteiger partial charge in [0.1, 0.15) is 0 Å². The van der Waals surface area contributed by atoms with E-state index in [0.29, 0.717) is 0 Å². The van der Waals surface area contributed by atoms with Crippen molar-refractivity contribution in [2.75, 3.05) is 5.75 Å². The van der Waals surface area contributed by atoms with E-state index >= 15 is 0 Å². The van der Waals surface area contributed by atoms with Crippen molar-refractivity contribution in [2.24, 2.45) is 0 Å². The van der Waals surface area contributed by atoms with Gasteiger partial charge in [-0.15, -0.1) is 23.5 Å². The highest BCUT2D eigenvalue weighted by Crippen LogP contribution is 2.42. The molecule has 2 heteroatoms. The van der Waals surface area contributed by atoms with Gasteiger partial charge in [-0.05, 0) is 35.5 Å². The summed E-state index contributed by atoms with van der Waals surface area (Å²) in [6, 6.07) is 0. The lowest BCUT2D eigenvalue weighted by atomic mass is 10.1. The smallest absolute Gasteiger partial charge is 0.0157 e. The Labute approximate surface area is 129 Å². The van der Waals surface area contributed by atoms with E-state index < -0.39 is 0 Å². The summed E-state index contributed by atoms with van der Waals surface area (Å²) in [7, 11) is 0. The normalized spacial score (nSPS) is 20.1. The summed E-state index contributed by atoms with van der Waals surface area (Å²) < 4.78 is 0. The van der Waals surface area contributed by atoms with Crippen LogP contribution in [0.25, 0.3) is 0 Å². The molecular formula is C17H32S2. The maximum absolute atomic E-state index is 2.39. The molecule has 0 fully saturated rings. The van der Waals surface area contributed by atoms with Gasteiger partial charge >= 0.3 is 0 Å². The minimum absolute atomic E-state index is 0.825. The highest BCUT2D eigenvalue weighted by Gasteiger charge is 2.18. The van der Waals surface area contributed by atoms with Crippen LogP contribution in [0.15, 0.2) is 9.81 Å². The maximum Gasteiger partial charge on any atom is 0.0157 e. The second-order valence-electron chi connectivity index (χ2n) is 5.71. The molecule has 1 rings (SSSR count). The summed E-state index contributed by atoms with van der Waals surface area (Å²) in [4.78, 5) is 3.49. The van der Waals surface area contributed by atoms with Crippen molar-refractivity contribution < 1.29 is 0 Å². The van der Waals surface area contributed by atoms with Crippen LogP contribution < -0.4 is 0 Å². The molecule has 0 saturated carbocycles. The van der Waals surface area contributed by atoms with Gasteiger partial charge in [0.05, 0.1) is 0 Å². The van der Waals surface area contributed by atoms with Crippen molar-refractivity contribution >= 4 is 23.5 Å². The fraction of sp³-hybridized carbons (Fsp3) is 0.882. The number of allylic oxidation sites excluding steroid dienone is 2. The van der Waals surface area contributed by atoms with Gasteiger partial charge in [-0.1, -0.05) is 59.3 Å². The van der Waals surface area contributed by atoms with E-state index in [1.165, 1.54) is 70.0 Å². The van der Waals surface area contributed by atoms with Crippen LogP contribution in [0.5, 0.6) is 0 Å². The van der Waals surface area contributed by atoms with Gasteiger partial charge in [-0.25, -0.2) is 0 Å².